The SMILES string of the molecule is COc1ccc(NC(=O)N2CCN(Cc3cc(=O)n4nc(-c5cccs5)sc4n3)CC2)cc1. The number of hydrogen-bond acceptors (Lipinski definition) is 8. The van der Waals surface area contributed by atoms with Crippen LogP contribution in [0, 0.1) is 0 Å². The van der Waals surface area contributed by atoms with Crippen LogP contribution >= 0.6 is 22.7 Å². The smallest absolute Gasteiger partial charge is 0.321 e. The Hall–Kier alpha value is -3.28. The van der Waals surface area contributed by atoms with Gasteiger partial charge in [-0.05, 0) is 35.7 Å². The molecule has 9 nitrogen and oxygen atoms in total. The molecule has 0 saturated carbocycles. The number of hydrogen-bond donors (Lipinski definition) is 1. The normalized spacial score (nSPS) is 14.5. The zero-order valence-electron chi connectivity index (χ0n) is 17.9. The van der Waals surface area contributed by atoms with Crippen molar-refractivity contribution >= 4 is 39.4 Å². The van der Waals surface area contributed by atoms with Gasteiger partial charge in [-0.3, -0.25) is 9.69 Å². The van der Waals surface area contributed by atoms with Crippen molar-refractivity contribution in [1.29, 1.82) is 0 Å². The van der Waals surface area contributed by atoms with Gasteiger partial charge in [-0.1, -0.05) is 17.4 Å². The van der Waals surface area contributed by atoms with Crippen LogP contribution in [0.1, 0.15) is 5.69 Å². The van der Waals surface area contributed by atoms with E-state index in [9.17, 15) is 9.59 Å². The van der Waals surface area contributed by atoms with Crippen molar-refractivity contribution < 1.29 is 9.53 Å². The first-order valence-electron chi connectivity index (χ1n) is 10.4. The van der Waals surface area contributed by atoms with Gasteiger partial charge in [-0.15, -0.1) is 11.3 Å². The summed E-state index contributed by atoms with van der Waals surface area (Å²) in [6.07, 6.45) is 0. The number of nitrogens with one attached hydrogen (secondary N) is 1. The summed E-state index contributed by atoms with van der Waals surface area (Å²) in [5, 5.41) is 10.1. The average Bonchev–Trinajstić information content (AvgIpc) is 3.50. The minimum absolute atomic E-state index is 0.122. The molecule has 170 valence electrons. The highest BCUT2D eigenvalue weighted by atomic mass is 32.1. The molecular formula is C22H22N6O3S2. The number of benzene rings is 1. The highest BCUT2D eigenvalue weighted by Crippen LogP contribution is 2.28. The number of methoxy groups -OCH3 is 1. The first-order chi connectivity index (χ1) is 16.1. The van der Waals surface area contributed by atoms with Gasteiger partial charge in [0.05, 0.1) is 17.7 Å². The lowest BCUT2D eigenvalue weighted by Crippen LogP contribution is -2.49. The van der Waals surface area contributed by atoms with Crippen molar-refractivity contribution in [3.05, 3.63) is 63.9 Å². The number of urea groups is 1. The van der Waals surface area contributed by atoms with E-state index < -0.39 is 0 Å². The van der Waals surface area contributed by atoms with Crippen LogP contribution < -0.4 is 15.6 Å². The fourth-order valence-corrected chi connectivity index (χ4v) is 5.37. The molecule has 33 heavy (non-hydrogen) atoms. The van der Waals surface area contributed by atoms with Gasteiger partial charge in [0.1, 0.15) is 5.75 Å². The van der Waals surface area contributed by atoms with Gasteiger partial charge in [0, 0.05) is 44.5 Å². The van der Waals surface area contributed by atoms with E-state index in [2.05, 4.69) is 20.3 Å². The molecule has 0 atom stereocenters. The van der Waals surface area contributed by atoms with Crippen molar-refractivity contribution in [3.8, 4) is 15.6 Å². The van der Waals surface area contributed by atoms with Crippen LogP contribution in [0.25, 0.3) is 14.8 Å². The van der Waals surface area contributed by atoms with Gasteiger partial charge in [0.25, 0.3) is 5.56 Å². The number of piperazine rings is 1. The molecule has 0 spiro atoms. The minimum atomic E-state index is -0.174. The molecule has 1 aliphatic heterocycles. The van der Waals surface area contributed by atoms with Crippen molar-refractivity contribution in [2.24, 2.45) is 0 Å². The van der Waals surface area contributed by atoms with E-state index in [0.29, 0.717) is 37.7 Å². The molecule has 1 N–H and O–H groups in total. The topological polar surface area (TPSA) is 92.1 Å². The molecule has 0 bridgehead atoms. The van der Waals surface area contributed by atoms with E-state index in [0.717, 1.165) is 27.0 Å². The highest BCUT2D eigenvalue weighted by Gasteiger charge is 2.22. The minimum Gasteiger partial charge on any atom is -0.497 e. The Morgan fingerprint density at radius 2 is 1.94 bits per heavy atom. The molecule has 11 heteroatoms. The van der Waals surface area contributed by atoms with Crippen LogP contribution in [-0.2, 0) is 6.54 Å². The van der Waals surface area contributed by atoms with Crippen molar-refractivity contribution in [2.75, 3.05) is 38.6 Å². The van der Waals surface area contributed by atoms with E-state index in [4.69, 9.17) is 4.74 Å². The molecular weight excluding hydrogens is 460 g/mol. The maximum Gasteiger partial charge on any atom is 0.321 e. The number of anilines is 1. The van der Waals surface area contributed by atoms with Gasteiger partial charge in [0.15, 0.2) is 5.01 Å². The van der Waals surface area contributed by atoms with E-state index in [-0.39, 0.29) is 11.6 Å². The number of ether oxygens (including phenoxy) is 1. The third kappa shape index (κ3) is 4.75. The molecule has 2 amide bonds. The Morgan fingerprint density at radius 1 is 1.15 bits per heavy atom. The predicted octanol–water partition coefficient (Wildman–Crippen LogP) is 3.24. The zero-order valence-corrected chi connectivity index (χ0v) is 19.6. The van der Waals surface area contributed by atoms with Crippen LogP contribution in [-0.4, -0.2) is 63.7 Å². The molecule has 0 unspecified atom stereocenters. The summed E-state index contributed by atoms with van der Waals surface area (Å²) in [6.45, 7) is 3.19. The summed E-state index contributed by atoms with van der Waals surface area (Å²) in [5.74, 6) is 0.745. The number of amides is 2. The summed E-state index contributed by atoms with van der Waals surface area (Å²) in [6, 6.07) is 12.6. The van der Waals surface area contributed by atoms with E-state index >= 15 is 0 Å². The molecule has 5 rings (SSSR count). The first-order valence-corrected chi connectivity index (χ1v) is 12.1. The Bertz CT molecular complexity index is 1310. The fraction of sp³-hybridized carbons (Fsp3) is 0.273. The van der Waals surface area contributed by atoms with E-state index in [1.807, 2.05) is 41.8 Å². The molecule has 1 aliphatic rings. The second-order valence-electron chi connectivity index (χ2n) is 7.59. The number of carbonyl (C=O) groups is 1. The van der Waals surface area contributed by atoms with Crippen LogP contribution in [0.5, 0.6) is 5.75 Å². The van der Waals surface area contributed by atoms with Gasteiger partial charge in [-0.25, -0.2) is 9.78 Å². The fourth-order valence-electron chi connectivity index (χ4n) is 3.65. The Labute approximate surface area is 197 Å². The molecule has 4 aromatic rings. The number of thiophene rings is 1. The lowest BCUT2D eigenvalue weighted by molar-refractivity contribution is 0.142. The molecule has 1 aromatic carbocycles. The molecule has 1 fully saturated rings. The monoisotopic (exact) mass is 482 g/mol. The lowest BCUT2D eigenvalue weighted by atomic mass is 10.3. The first kappa shape index (κ1) is 21.6. The Balaban J connectivity index is 1.20. The van der Waals surface area contributed by atoms with Crippen LogP contribution in [0.15, 0.2) is 52.6 Å². The number of fused-ring (bicyclic) bond motifs is 1. The molecule has 0 radical (unpaired) electrons. The van der Waals surface area contributed by atoms with Crippen molar-refractivity contribution in [2.45, 2.75) is 6.54 Å². The maximum atomic E-state index is 12.6. The number of carbonyl (C=O) groups excluding carboxylic acids is 1. The van der Waals surface area contributed by atoms with Gasteiger partial charge in [0.2, 0.25) is 4.96 Å². The molecule has 3 aromatic heterocycles. The lowest BCUT2D eigenvalue weighted by Gasteiger charge is -2.34. The number of aromatic nitrogens is 3. The summed E-state index contributed by atoms with van der Waals surface area (Å²) in [5.41, 5.74) is 1.27. The maximum absolute atomic E-state index is 12.6. The third-order valence-electron chi connectivity index (χ3n) is 5.42. The molecule has 4 heterocycles. The summed E-state index contributed by atoms with van der Waals surface area (Å²) in [4.78, 5) is 35.4. The predicted molar refractivity (Wildman–Crippen MR) is 129 cm³/mol. The zero-order chi connectivity index (χ0) is 22.8. The van der Waals surface area contributed by atoms with E-state index in [1.54, 1.807) is 29.4 Å². The summed E-state index contributed by atoms with van der Waals surface area (Å²) < 4.78 is 6.51. The van der Waals surface area contributed by atoms with Crippen LogP contribution in [0.3, 0.4) is 0 Å². The Morgan fingerprint density at radius 3 is 2.64 bits per heavy atom. The molecule has 0 aliphatic carbocycles. The van der Waals surface area contributed by atoms with Gasteiger partial charge in [-0.2, -0.15) is 9.61 Å². The summed E-state index contributed by atoms with van der Waals surface area (Å²) in [7, 11) is 1.61. The highest BCUT2D eigenvalue weighted by molar-refractivity contribution is 7.23. The molecule has 1 saturated heterocycles. The third-order valence-corrected chi connectivity index (χ3v) is 7.36. The number of nitrogens with zero attached hydrogens (tertiary/aromatic N) is 5. The van der Waals surface area contributed by atoms with Crippen molar-refractivity contribution in [3.63, 3.8) is 0 Å². The second kappa shape index (κ2) is 9.30. The quantitative estimate of drug-likeness (QED) is 0.470. The van der Waals surface area contributed by atoms with Crippen molar-refractivity contribution in [1.82, 2.24) is 24.4 Å². The van der Waals surface area contributed by atoms with E-state index in [1.165, 1.54) is 15.9 Å². The second-order valence-corrected chi connectivity index (χ2v) is 9.49. The summed E-state index contributed by atoms with van der Waals surface area (Å²) >= 11 is 3.00. The van der Waals surface area contributed by atoms with Gasteiger partial charge < -0.3 is 15.0 Å². The van der Waals surface area contributed by atoms with Crippen LogP contribution in [0.2, 0.25) is 0 Å². The van der Waals surface area contributed by atoms with Gasteiger partial charge >= 0.3 is 6.03 Å². The average molecular weight is 483 g/mol. The Kier molecular flexibility index (Phi) is 6.07. The standard InChI is InChI=1S/C22H22N6O3S2/c1-31-17-6-4-15(5-7-17)23-21(30)27-10-8-26(9-11-27)14-16-13-19(29)28-22(24-16)33-20(25-28)18-3-2-12-32-18/h2-7,12-13H,8-11,14H2,1H3,(H,23,30). The van der Waals surface area contributed by atoms with Crippen LogP contribution in [0.4, 0.5) is 10.5 Å². The number of rotatable bonds is 5. The largest absolute Gasteiger partial charge is 0.497 e.